The number of sulfonamides is 1. The van der Waals surface area contributed by atoms with Crippen molar-refractivity contribution in [1.82, 2.24) is 10.0 Å². The van der Waals surface area contributed by atoms with Crippen LogP contribution in [0.15, 0.2) is 23.1 Å². The summed E-state index contributed by atoms with van der Waals surface area (Å²) in [6, 6.07) is 2.75. The number of hydrogen-bond donors (Lipinski definition) is 2. The minimum absolute atomic E-state index is 0. The summed E-state index contributed by atoms with van der Waals surface area (Å²) >= 11 is 0. The Labute approximate surface area is 129 Å². The van der Waals surface area contributed by atoms with E-state index in [4.69, 9.17) is 0 Å². The Balaban J connectivity index is 0.00000400. The zero-order valence-corrected chi connectivity index (χ0v) is 13.5. The standard InChI is InChI=1S/C12H17FN2O4S.ClH/c1-8(14-2)7-15-20(17,18)11-5-9(12(16)19-3)4-10(13)6-11;/h4-6,8,14-15H,7H2,1-3H3;1H. The highest BCUT2D eigenvalue weighted by Gasteiger charge is 2.19. The molecule has 1 atom stereocenters. The minimum Gasteiger partial charge on any atom is -0.465 e. The maximum atomic E-state index is 13.4. The van der Waals surface area contributed by atoms with Crippen LogP contribution in [-0.2, 0) is 14.8 Å². The maximum Gasteiger partial charge on any atom is 0.337 e. The largest absolute Gasteiger partial charge is 0.465 e. The van der Waals surface area contributed by atoms with Gasteiger partial charge < -0.3 is 10.1 Å². The minimum atomic E-state index is -3.89. The van der Waals surface area contributed by atoms with Crippen molar-refractivity contribution in [2.24, 2.45) is 0 Å². The summed E-state index contributed by atoms with van der Waals surface area (Å²) in [4.78, 5) is 11.0. The highest BCUT2D eigenvalue weighted by atomic mass is 35.5. The van der Waals surface area contributed by atoms with Gasteiger partial charge in [-0.1, -0.05) is 0 Å². The summed E-state index contributed by atoms with van der Waals surface area (Å²) in [5.41, 5.74) is -0.158. The maximum absolute atomic E-state index is 13.4. The summed E-state index contributed by atoms with van der Waals surface area (Å²) in [7, 11) is -1.07. The summed E-state index contributed by atoms with van der Waals surface area (Å²) < 4.78 is 44.2. The summed E-state index contributed by atoms with van der Waals surface area (Å²) in [5, 5.41) is 2.86. The predicted molar refractivity (Wildman–Crippen MR) is 78.7 cm³/mol. The van der Waals surface area contributed by atoms with Crippen LogP contribution in [0.3, 0.4) is 0 Å². The highest BCUT2D eigenvalue weighted by Crippen LogP contribution is 2.15. The van der Waals surface area contributed by atoms with E-state index in [1.165, 1.54) is 0 Å². The Morgan fingerprint density at radius 3 is 2.52 bits per heavy atom. The lowest BCUT2D eigenvalue weighted by Gasteiger charge is -2.12. The first-order valence-electron chi connectivity index (χ1n) is 5.86. The molecule has 6 nitrogen and oxygen atoms in total. The molecule has 2 N–H and O–H groups in total. The molecule has 0 aliphatic rings. The normalized spacial score (nSPS) is 12.4. The molecule has 21 heavy (non-hydrogen) atoms. The third-order valence-corrected chi connectivity index (χ3v) is 4.08. The van der Waals surface area contributed by atoms with Crippen LogP contribution < -0.4 is 10.0 Å². The molecule has 1 aromatic carbocycles. The molecule has 0 saturated heterocycles. The molecule has 0 radical (unpaired) electrons. The lowest BCUT2D eigenvalue weighted by atomic mass is 10.2. The second-order valence-corrected chi connectivity index (χ2v) is 5.98. The first kappa shape index (κ1) is 19.8. The zero-order valence-electron chi connectivity index (χ0n) is 11.8. The third kappa shape index (κ3) is 5.58. The summed E-state index contributed by atoms with van der Waals surface area (Å²) in [6.45, 7) is 1.93. The molecule has 0 spiro atoms. The molecule has 0 heterocycles. The highest BCUT2D eigenvalue weighted by molar-refractivity contribution is 7.89. The Morgan fingerprint density at radius 1 is 1.38 bits per heavy atom. The van der Waals surface area contributed by atoms with Crippen molar-refractivity contribution in [3.05, 3.63) is 29.6 Å². The van der Waals surface area contributed by atoms with Gasteiger partial charge in [0.1, 0.15) is 5.82 Å². The van der Waals surface area contributed by atoms with Crippen molar-refractivity contribution in [3.63, 3.8) is 0 Å². The van der Waals surface area contributed by atoms with Crippen LogP contribution >= 0.6 is 12.4 Å². The number of rotatable bonds is 6. The van der Waals surface area contributed by atoms with Gasteiger partial charge in [-0.05, 0) is 32.2 Å². The fourth-order valence-electron chi connectivity index (χ4n) is 1.37. The van der Waals surface area contributed by atoms with Crippen molar-refractivity contribution in [1.29, 1.82) is 0 Å². The van der Waals surface area contributed by atoms with Gasteiger partial charge in [0.15, 0.2) is 0 Å². The van der Waals surface area contributed by atoms with Gasteiger partial charge in [-0.3, -0.25) is 0 Å². The number of methoxy groups -OCH3 is 1. The van der Waals surface area contributed by atoms with Crippen LogP contribution in [0.5, 0.6) is 0 Å². The van der Waals surface area contributed by atoms with Gasteiger partial charge in [-0.15, -0.1) is 12.4 Å². The van der Waals surface area contributed by atoms with Crippen molar-refractivity contribution in [2.75, 3.05) is 20.7 Å². The Bertz CT molecular complexity index is 595. The van der Waals surface area contributed by atoms with Crippen molar-refractivity contribution in [2.45, 2.75) is 17.9 Å². The Kier molecular flexibility index (Phi) is 7.80. The van der Waals surface area contributed by atoms with E-state index in [-0.39, 0.29) is 35.5 Å². The predicted octanol–water partition coefficient (Wildman–Crippen LogP) is 0.920. The van der Waals surface area contributed by atoms with Crippen molar-refractivity contribution < 1.29 is 22.3 Å². The van der Waals surface area contributed by atoms with Gasteiger partial charge in [0.25, 0.3) is 0 Å². The molecule has 1 rings (SSSR count). The number of carbonyl (C=O) groups is 1. The molecule has 0 aromatic heterocycles. The van der Waals surface area contributed by atoms with Crippen LogP contribution in [-0.4, -0.2) is 41.1 Å². The molecule has 120 valence electrons. The third-order valence-electron chi connectivity index (χ3n) is 2.68. The molecule has 1 aromatic rings. The topological polar surface area (TPSA) is 84.5 Å². The van der Waals surface area contributed by atoms with E-state index < -0.39 is 21.8 Å². The fourth-order valence-corrected chi connectivity index (χ4v) is 2.56. The molecule has 0 bridgehead atoms. The van der Waals surface area contributed by atoms with E-state index in [9.17, 15) is 17.6 Å². The quantitative estimate of drug-likeness (QED) is 0.752. The van der Waals surface area contributed by atoms with Gasteiger partial charge in [0.05, 0.1) is 17.6 Å². The number of halogens is 2. The Morgan fingerprint density at radius 2 is 2.00 bits per heavy atom. The van der Waals surface area contributed by atoms with E-state index in [2.05, 4.69) is 14.8 Å². The molecular weight excluding hydrogens is 323 g/mol. The molecule has 9 heteroatoms. The smallest absolute Gasteiger partial charge is 0.337 e. The SMILES string of the molecule is CNC(C)CNS(=O)(=O)c1cc(F)cc(C(=O)OC)c1.Cl. The van der Waals surface area contributed by atoms with Crippen LogP contribution in [0.2, 0.25) is 0 Å². The average Bonchev–Trinajstić information content (AvgIpc) is 2.43. The number of hydrogen-bond acceptors (Lipinski definition) is 5. The number of nitrogens with one attached hydrogen (secondary N) is 2. The lowest BCUT2D eigenvalue weighted by molar-refractivity contribution is 0.0600. The average molecular weight is 341 g/mol. The fraction of sp³-hybridized carbons (Fsp3) is 0.417. The van der Waals surface area contributed by atoms with E-state index in [0.717, 1.165) is 25.3 Å². The second-order valence-electron chi connectivity index (χ2n) is 4.21. The van der Waals surface area contributed by atoms with E-state index in [1.54, 1.807) is 14.0 Å². The number of carbonyl (C=O) groups excluding carboxylic acids is 1. The number of benzene rings is 1. The first-order valence-corrected chi connectivity index (χ1v) is 7.34. The van der Waals surface area contributed by atoms with Gasteiger partial charge in [-0.2, -0.15) is 0 Å². The van der Waals surface area contributed by atoms with Gasteiger partial charge >= 0.3 is 5.97 Å². The van der Waals surface area contributed by atoms with Crippen LogP contribution in [0.25, 0.3) is 0 Å². The molecule has 0 amide bonds. The molecule has 0 aliphatic heterocycles. The first-order chi connectivity index (χ1) is 9.30. The van der Waals surface area contributed by atoms with Crippen LogP contribution in [0, 0.1) is 5.82 Å². The number of esters is 1. The second kappa shape index (κ2) is 8.28. The lowest BCUT2D eigenvalue weighted by Crippen LogP contribution is -2.37. The van der Waals surface area contributed by atoms with E-state index in [1.807, 2.05) is 0 Å². The molecule has 0 aliphatic carbocycles. The molecule has 0 saturated carbocycles. The number of likely N-dealkylation sites (N-methyl/N-ethyl adjacent to an activating group) is 1. The van der Waals surface area contributed by atoms with Gasteiger partial charge in [0, 0.05) is 12.6 Å². The number of ether oxygens (including phenoxy) is 1. The summed E-state index contributed by atoms with van der Waals surface area (Å²) in [5.74, 6) is -1.63. The zero-order chi connectivity index (χ0) is 15.3. The molecular formula is C12H18ClFN2O4S. The Hall–Kier alpha value is -1.22. The summed E-state index contributed by atoms with van der Waals surface area (Å²) in [6.07, 6.45) is 0. The van der Waals surface area contributed by atoms with E-state index in [0.29, 0.717) is 0 Å². The van der Waals surface area contributed by atoms with Crippen molar-refractivity contribution in [3.8, 4) is 0 Å². The van der Waals surface area contributed by atoms with E-state index >= 15 is 0 Å². The van der Waals surface area contributed by atoms with Gasteiger partial charge in [-0.25, -0.2) is 22.3 Å². The molecule has 0 fully saturated rings. The monoisotopic (exact) mass is 340 g/mol. The van der Waals surface area contributed by atoms with Gasteiger partial charge in [0.2, 0.25) is 10.0 Å². The molecule has 1 unspecified atom stereocenters. The van der Waals surface area contributed by atoms with Crippen LogP contribution in [0.1, 0.15) is 17.3 Å². The van der Waals surface area contributed by atoms with Crippen LogP contribution in [0.4, 0.5) is 4.39 Å². The van der Waals surface area contributed by atoms with Crippen molar-refractivity contribution >= 4 is 28.4 Å².